The average Bonchev–Trinajstić information content (AvgIpc) is 3.30. The quantitative estimate of drug-likeness (QED) is 0.622. The van der Waals surface area contributed by atoms with Crippen molar-refractivity contribution < 1.29 is 18.0 Å². The zero-order valence-corrected chi connectivity index (χ0v) is 16.2. The molecule has 0 aliphatic carbocycles. The Kier molecular flexibility index (Phi) is 5.53. The second kappa shape index (κ2) is 8.28. The predicted molar refractivity (Wildman–Crippen MR) is 101 cm³/mol. The van der Waals surface area contributed by atoms with Gasteiger partial charge in [-0.3, -0.25) is 14.6 Å². The Labute approximate surface area is 174 Å². The molecule has 0 spiro atoms. The van der Waals surface area contributed by atoms with E-state index < -0.39 is 11.9 Å². The first-order valence-electron chi connectivity index (χ1n) is 9.57. The lowest BCUT2D eigenvalue weighted by molar-refractivity contribution is -0.141. The fraction of sp³-hybridized carbons (Fsp3) is 0.368. The van der Waals surface area contributed by atoms with E-state index in [9.17, 15) is 22.8 Å². The van der Waals surface area contributed by atoms with Crippen molar-refractivity contribution in [2.24, 2.45) is 5.92 Å². The van der Waals surface area contributed by atoms with Gasteiger partial charge in [-0.1, -0.05) is 0 Å². The summed E-state index contributed by atoms with van der Waals surface area (Å²) in [6.45, 7) is 1.26. The van der Waals surface area contributed by atoms with Crippen molar-refractivity contribution in [2.45, 2.75) is 25.6 Å². The molecule has 4 heterocycles. The molecule has 1 fully saturated rings. The number of halogens is 3. The Balaban J connectivity index is 1.37. The van der Waals surface area contributed by atoms with Crippen molar-refractivity contribution in [2.75, 3.05) is 13.1 Å². The van der Waals surface area contributed by atoms with Gasteiger partial charge in [0, 0.05) is 31.9 Å². The van der Waals surface area contributed by atoms with Crippen LogP contribution in [0.5, 0.6) is 0 Å². The molecule has 1 aliphatic heterocycles. The molecule has 12 heteroatoms. The number of carbonyl (C=O) groups excluding carboxylic acids is 1. The highest BCUT2D eigenvalue weighted by Crippen LogP contribution is 2.27. The Morgan fingerprint density at radius 1 is 1.13 bits per heavy atom. The van der Waals surface area contributed by atoms with E-state index >= 15 is 0 Å². The molecule has 3 aromatic rings. The molecule has 0 radical (unpaired) electrons. The number of rotatable bonds is 4. The summed E-state index contributed by atoms with van der Waals surface area (Å²) in [6.07, 6.45) is 0.546. The number of nitrogens with zero attached hydrogens (tertiary/aromatic N) is 7. The lowest BCUT2D eigenvalue weighted by Gasteiger charge is -2.32. The van der Waals surface area contributed by atoms with Gasteiger partial charge in [0.2, 0.25) is 0 Å². The SMILES string of the molecule is O=C(c1ccc(C(F)(F)F)nc1)N1CCC(Cn2nc(-n3cncn3)ccc2=O)CC1. The highest BCUT2D eigenvalue weighted by atomic mass is 19.4. The summed E-state index contributed by atoms with van der Waals surface area (Å²) in [7, 11) is 0. The molecule has 1 saturated heterocycles. The zero-order valence-electron chi connectivity index (χ0n) is 16.2. The van der Waals surface area contributed by atoms with Crippen LogP contribution in [-0.2, 0) is 12.7 Å². The summed E-state index contributed by atoms with van der Waals surface area (Å²) < 4.78 is 40.7. The first kappa shape index (κ1) is 20.7. The number of hydrogen-bond acceptors (Lipinski definition) is 6. The van der Waals surface area contributed by atoms with Gasteiger partial charge in [-0.05, 0) is 37.0 Å². The molecule has 1 amide bonds. The highest BCUT2D eigenvalue weighted by Gasteiger charge is 2.32. The largest absolute Gasteiger partial charge is 0.433 e. The van der Waals surface area contributed by atoms with Gasteiger partial charge in [0.25, 0.3) is 11.5 Å². The number of amides is 1. The van der Waals surface area contributed by atoms with Crippen LogP contribution in [0.3, 0.4) is 0 Å². The molecule has 31 heavy (non-hydrogen) atoms. The lowest BCUT2D eigenvalue weighted by atomic mass is 9.96. The maximum absolute atomic E-state index is 12.6. The van der Waals surface area contributed by atoms with E-state index in [4.69, 9.17) is 0 Å². The van der Waals surface area contributed by atoms with E-state index in [0.717, 1.165) is 18.3 Å². The van der Waals surface area contributed by atoms with E-state index in [1.807, 2.05) is 0 Å². The van der Waals surface area contributed by atoms with Crippen molar-refractivity contribution in [1.82, 2.24) is 34.4 Å². The third-order valence-corrected chi connectivity index (χ3v) is 5.14. The van der Waals surface area contributed by atoms with Crippen molar-refractivity contribution in [3.63, 3.8) is 0 Å². The Hall–Kier alpha value is -3.57. The molecule has 0 bridgehead atoms. The van der Waals surface area contributed by atoms with Crippen LogP contribution >= 0.6 is 0 Å². The predicted octanol–water partition coefficient (Wildman–Crippen LogP) is 1.79. The van der Waals surface area contributed by atoms with Crippen LogP contribution in [0, 0.1) is 5.92 Å². The zero-order chi connectivity index (χ0) is 22.0. The topological polar surface area (TPSA) is 98.8 Å². The second-order valence-corrected chi connectivity index (χ2v) is 7.22. The van der Waals surface area contributed by atoms with Gasteiger partial charge in [-0.2, -0.15) is 18.3 Å². The molecule has 0 aromatic carbocycles. The minimum Gasteiger partial charge on any atom is -0.339 e. The summed E-state index contributed by atoms with van der Waals surface area (Å²) in [5.41, 5.74) is -1.16. The van der Waals surface area contributed by atoms with E-state index in [2.05, 4.69) is 20.2 Å². The fourth-order valence-electron chi connectivity index (χ4n) is 3.45. The third kappa shape index (κ3) is 4.62. The van der Waals surface area contributed by atoms with Gasteiger partial charge in [-0.25, -0.2) is 14.3 Å². The number of pyridine rings is 1. The first-order valence-corrected chi connectivity index (χ1v) is 9.57. The molecule has 4 rings (SSSR count). The van der Waals surface area contributed by atoms with Crippen LogP contribution in [0.15, 0.2) is 47.9 Å². The van der Waals surface area contributed by atoms with Crippen molar-refractivity contribution in [3.8, 4) is 5.82 Å². The lowest BCUT2D eigenvalue weighted by Crippen LogP contribution is -2.40. The van der Waals surface area contributed by atoms with Gasteiger partial charge in [-0.15, -0.1) is 5.10 Å². The number of aromatic nitrogens is 6. The minimum absolute atomic E-state index is 0.116. The molecule has 1 aliphatic rings. The molecule has 0 atom stereocenters. The molecule has 162 valence electrons. The van der Waals surface area contributed by atoms with Crippen LogP contribution in [0.4, 0.5) is 13.2 Å². The van der Waals surface area contributed by atoms with Crippen LogP contribution in [0.25, 0.3) is 5.82 Å². The standard InChI is InChI=1S/C19H18F3N7O2/c20-19(21,22)15-2-1-14(9-24-15)18(31)27-7-5-13(6-8-27)10-28-17(30)4-3-16(26-28)29-12-23-11-25-29/h1-4,9,11-13H,5-8,10H2. The van der Waals surface area contributed by atoms with Crippen molar-refractivity contribution in [3.05, 3.63) is 64.7 Å². The second-order valence-electron chi connectivity index (χ2n) is 7.22. The van der Waals surface area contributed by atoms with Crippen molar-refractivity contribution >= 4 is 5.91 Å². The number of carbonyl (C=O) groups is 1. The summed E-state index contributed by atoms with van der Waals surface area (Å²) in [4.78, 5) is 33.5. The van der Waals surface area contributed by atoms with Gasteiger partial charge >= 0.3 is 6.18 Å². The number of piperidine rings is 1. The number of alkyl halides is 3. The van der Waals surface area contributed by atoms with E-state index in [1.54, 1.807) is 11.0 Å². The van der Waals surface area contributed by atoms with Gasteiger partial charge in [0.1, 0.15) is 18.3 Å². The molecule has 0 unspecified atom stereocenters. The normalized spacial score (nSPS) is 15.3. The van der Waals surface area contributed by atoms with E-state index in [0.29, 0.717) is 38.3 Å². The maximum Gasteiger partial charge on any atom is 0.433 e. The number of likely N-dealkylation sites (tertiary alicyclic amines) is 1. The smallest absolute Gasteiger partial charge is 0.339 e. The number of hydrogen-bond donors (Lipinski definition) is 0. The Morgan fingerprint density at radius 2 is 1.90 bits per heavy atom. The van der Waals surface area contributed by atoms with Crippen LogP contribution < -0.4 is 5.56 Å². The molecule has 3 aromatic heterocycles. The van der Waals surface area contributed by atoms with Gasteiger partial charge < -0.3 is 4.90 Å². The maximum atomic E-state index is 12.6. The average molecular weight is 433 g/mol. The van der Waals surface area contributed by atoms with Crippen LogP contribution in [0.2, 0.25) is 0 Å². The Morgan fingerprint density at radius 3 is 2.52 bits per heavy atom. The van der Waals surface area contributed by atoms with Gasteiger partial charge in [0.05, 0.1) is 5.56 Å². The van der Waals surface area contributed by atoms with Gasteiger partial charge in [0.15, 0.2) is 5.82 Å². The monoisotopic (exact) mass is 433 g/mol. The first-order chi connectivity index (χ1) is 14.8. The van der Waals surface area contributed by atoms with Crippen molar-refractivity contribution in [1.29, 1.82) is 0 Å². The Bertz CT molecular complexity index is 1100. The van der Waals surface area contributed by atoms with Crippen LogP contribution in [0.1, 0.15) is 28.9 Å². The summed E-state index contributed by atoms with van der Waals surface area (Å²) >= 11 is 0. The molecule has 0 N–H and O–H groups in total. The van der Waals surface area contributed by atoms with E-state index in [1.165, 1.54) is 28.1 Å². The van der Waals surface area contributed by atoms with E-state index in [-0.39, 0.29) is 22.9 Å². The highest BCUT2D eigenvalue weighted by molar-refractivity contribution is 5.94. The summed E-state index contributed by atoms with van der Waals surface area (Å²) in [5.74, 6) is 0.244. The summed E-state index contributed by atoms with van der Waals surface area (Å²) in [6, 6.07) is 4.93. The van der Waals surface area contributed by atoms with Crippen LogP contribution in [-0.4, -0.2) is 53.4 Å². The summed E-state index contributed by atoms with van der Waals surface area (Å²) in [5, 5.41) is 8.32. The molecular weight excluding hydrogens is 415 g/mol. The minimum atomic E-state index is -4.54. The molecular formula is C19H18F3N7O2. The third-order valence-electron chi connectivity index (χ3n) is 5.14. The molecule has 9 nitrogen and oxygen atoms in total. The fourth-order valence-corrected chi connectivity index (χ4v) is 3.45. The molecule has 0 saturated carbocycles.